The van der Waals surface area contributed by atoms with Crippen LogP contribution in [0.3, 0.4) is 0 Å². The van der Waals surface area contributed by atoms with Crippen molar-refractivity contribution >= 4 is 33.0 Å². The Balaban J connectivity index is 1.59. The van der Waals surface area contributed by atoms with E-state index in [4.69, 9.17) is 9.47 Å². The highest BCUT2D eigenvalue weighted by molar-refractivity contribution is 7.92. The van der Waals surface area contributed by atoms with E-state index in [9.17, 15) is 13.2 Å². The topological polar surface area (TPSA) is 88.2 Å². The average Bonchev–Trinajstić information content (AvgIpc) is 3.43. The molecule has 3 aromatic rings. The molecule has 1 aliphatic rings. The number of hydrogen-bond donors (Lipinski definition) is 1. The summed E-state index contributed by atoms with van der Waals surface area (Å²) in [7, 11) is -1.18. The first kappa shape index (κ1) is 25.4. The number of methoxy groups -OCH3 is 2. The Morgan fingerprint density at radius 2 is 1.56 bits per heavy atom. The largest absolute Gasteiger partial charge is 0.493 e. The molecule has 1 amide bonds. The van der Waals surface area contributed by atoms with Gasteiger partial charge in [-0.15, -0.1) is 0 Å². The molecule has 0 saturated carbocycles. The van der Waals surface area contributed by atoms with Crippen LogP contribution >= 0.6 is 0 Å². The van der Waals surface area contributed by atoms with Crippen molar-refractivity contribution in [1.29, 1.82) is 0 Å². The van der Waals surface area contributed by atoms with Gasteiger partial charge in [-0.1, -0.05) is 17.7 Å². The Morgan fingerprint density at radius 1 is 0.917 bits per heavy atom. The molecule has 1 fully saturated rings. The minimum atomic E-state index is -4.10. The van der Waals surface area contributed by atoms with Crippen LogP contribution in [0.15, 0.2) is 71.6 Å². The van der Waals surface area contributed by atoms with Crippen molar-refractivity contribution in [1.82, 2.24) is 0 Å². The summed E-state index contributed by atoms with van der Waals surface area (Å²) in [4.78, 5) is 15.3. The van der Waals surface area contributed by atoms with E-state index >= 15 is 0 Å². The molecule has 3 aromatic carbocycles. The van der Waals surface area contributed by atoms with Gasteiger partial charge >= 0.3 is 0 Å². The lowest BCUT2D eigenvalue weighted by Gasteiger charge is -2.25. The van der Waals surface area contributed by atoms with Crippen molar-refractivity contribution < 1.29 is 22.7 Å². The summed E-state index contributed by atoms with van der Waals surface area (Å²) in [6.07, 6.45) is 2.36. The van der Waals surface area contributed by atoms with Crippen LogP contribution in [0, 0.1) is 6.92 Å². The van der Waals surface area contributed by atoms with Gasteiger partial charge in [-0.3, -0.25) is 9.10 Å². The van der Waals surface area contributed by atoms with Gasteiger partial charge in [0, 0.05) is 30.5 Å². The summed E-state index contributed by atoms with van der Waals surface area (Å²) >= 11 is 0. The number of aryl methyl sites for hydroxylation is 1. The molecule has 1 heterocycles. The Bertz CT molecular complexity index is 1300. The van der Waals surface area contributed by atoms with Gasteiger partial charge in [0.15, 0.2) is 11.5 Å². The zero-order valence-electron chi connectivity index (χ0n) is 20.7. The fourth-order valence-corrected chi connectivity index (χ4v) is 5.63. The molecule has 4 rings (SSSR count). The van der Waals surface area contributed by atoms with Gasteiger partial charge in [-0.2, -0.15) is 0 Å². The maximum absolute atomic E-state index is 13.7. The summed E-state index contributed by atoms with van der Waals surface area (Å²) in [6.45, 7) is 3.58. The van der Waals surface area contributed by atoms with Crippen molar-refractivity contribution in [3.63, 3.8) is 0 Å². The second kappa shape index (κ2) is 10.9. The summed E-state index contributed by atoms with van der Waals surface area (Å²) in [5.74, 6) is 0.243. The molecule has 0 bridgehead atoms. The standard InChI is InChI=1S/C27H31N3O5S/c1-20-6-10-23(11-7-20)30(36(32,33)24-14-15-25(34-2)26(18-24)35-3)19-27(31)28-21-8-12-22(13-9-21)29-16-4-5-17-29/h6-15,18H,4-5,16-17,19H2,1-3H3,(H,28,31). The number of amides is 1. The first-order valence-corrected chi connectivity index (χ1v) is 13.2. The van der Waals surface area contributed by atoms with Gasteiger partial charge in [0.2, 0.25) is 5.91 Å². The van der Waals surface area contributed by atoms with E-state index in [1.165, 1.54) is 45.3 Å². The third-order valence-corrected chi connectivity index (χ3v) is 7.94. The van der Waals surface area contributed by atoms with Crippen molar-refractivity contribution in [2.45, 2.75) is 24.7 Å². The maximum Gasteiger partial charge on any atom is 0.264 e. The quantitative estimate of drug-likeness (QED) is 0.459. The van der Waals surface area contributed by atoms with E-state index < -0.39 is 22.5 Å². The van der Waals surface area contributed by atoms with Crippen LogP contribution in [0.2, 0.25) is 0 Å². The predicted molar refractivity (Wildman–Crippen MR) is 142 cm³/mol. The molecule has 0 unspecified atom stereocenters. The van der Waals surface area contributed by atoms with Crippen LogP contribution in [0.25, 0.3) is 0 Å². The molecule has 0 aromatic heterocycles. The van der Waals surface area contributed by atoms with E-state index in [1.807, 2.05) is 31.2 Å². The lowest BCUT2D eigenvalue weighted by molar-refractivity contribution is -0.114. The van der Waals surface area contributed by atoms with Gasteiger partial charge in [0.25, 0.3) is 10.0 Å². The highest BCUT2D eigenvalue weighted by atomic mass is 32.2. The molecule has 9 heteroatoms. The van der Waals surface area contributed by atoms with Gasteiger partial charge in [0.1, 0.15) is 6.54 Å². The maximum atomic E-state index is 13.7. The zero-order valence-corrected chi connectivity index (χ0v) is 21.5. The van der Waals surface area contributed by atoms with E-state index in [0.29, 0.717) is 17.1 Å². The summed E-state index contributed by atoms with van der Waals surface area (Å²) < 4.78 is 39.0. The third kappa shape index (κ3) is 5.57. The van der Waals surface area contributed by atoms with E-state index in [0.717, 1.165) is 28.6 Å². The first-order chi connectivity index (χ1) is 17.3. The molecule has 0 aliphatic carbocycles. The Kier molecular flexibility index (Phi) is 7.69. The number of anilines is 3. The second-order valence-electron chi connectivity index (χ2n) is 8.65. The molecule has 1 saturated heterocycles. The van der Waals surface area contributed by atoms with Crippen LogP contribution in [0.4, 0.5) is 17.1 Å². The number of nitrogens with zero attached hydrogens (tertiary/aromatic N) is 2. The van der Waals surface area contributed by atoms with Crippen LogP contribution in [0.5, 0.6) is 11.5 Å². The fraction of sp³-hybridized carbons (Fsp3) is 0.296. The van der Waals surface area contributed by atoms with Crippen molar-refractivity contribution in [2.24, 2.45) is 0 Å². The highest BCUT2D eigenvalue weighted by Gasteiger charge is 2.28. The van der Waals surface area contributed by atoms with E-state index in [1.54, 1.807) is 24.3 Å². The molecule has 0 atom stereocenters. The molecule has 8 nitrogen and oxygen atoms in total. The number of carbonyl (C=O) groups is 1. The second-order valence-corrected chi connectivity index (χ2v) is 10.5. The average molecular weight is 510 g/mol. The van der Waals surface area contributed by atoms with Gasteiger partial charge in [0.05, 0.1) is 24.8 Å². The van der Waals surface area contributed by atoms with E-state index in [-0.39, 0.29) is 10.6 Å². The minimum absolute atomic E-state index is 0.0107. The number of sulfonamides is 1. The molecule has 0 spiro atoms. The normalized spacial score (nSPS) is 13.4. The Labute approximate surface area is 212 Å². The number of rotatable bonds is 9. The molecule has 36 heavy (non-hydrogen) atoms. The Morgan fingerprint density at radius 3 is 2.17 bits per heavy atom. The number of carbonyl (C=O) groups excluding carboxylic acids is 1. The summed E-state index contributed by atoms with van der Waals surface area (Å²) in [6, 6.07) is 19.0. The van der Waals surface area contributed by atoms with E-state index in [2.05, 4.69) is 10.2 Å². The summed E-state index contributed by atoms with van der Waals surface area (Å²) in [5.41, 5.74) is 3.08. The van der Waals surface area contributed by atoms with Crippen LogP contribution in [-0.2, 0) is 14.8 Å². The smallest absolute Gasteiger partial charge is 0.264 e. The third-order valence-electron chi connectivity index (χ3n) is 6.17. The highest BCUT2D eigenvalue weighted by Crippen LogP contribution is 2.32. The van der Waals surface area contributed by atoms with Gasteiger partial charge < -0.3 is 19.7 Å². The molecular formula is C27H31N3O5S. The SMILES string of the molecule is COc1ccc(S(=O)(=O)N(CC(=O)Nc2ccc(N3CCCC3)cc2)c2ccc(C)cc2)cc1OC. The van der Waals surface area contributed by atoms with Gasteiger partial charge in [-0.25, -0.2) is 8.42 Å². The number of benzene rings is 3. The molecule has 190 valence electrons. The lowest BCUT2D eigenvalue weighted by atomic mass is 10.2. The molecule has 1 aliphatic heterocycles. The van der Waals surface area contributed by atoms with Crippen LogP contribution in [0.1, 0.15) is 18.4 Å². The number of ether oxygens (including phenoxy) is 2. The van der Waals surface area contributed by atoms with Gasteiger partial charge in [-0.05, 0) is 68.3 Å². The molecule has 1 N–H and O–H groups in total. The van der Waals surface area contributed by atoms with Crippen molar-refractivity contribution in [3.05, 3.63) is 72.3 Å². The number of hydrogen-bond acceptors (Lipinski definition) is 6. The Hall–Kier alpha value is -3.72. The molecule has 0 radical (unpaired) electrons. The predicted octanol–water partition coefficient (Wildman–Crippen LogP) is 4.45. The van der Waals surface area contributed by atoms with Crippen molar-refractivity contribution in [2.75, 3.05) is 48.4 Å². The van der Waals surface area contributed by atoms with Crippen LogP contribution < -0.4 is 24.0 Å². The first-order valence-electron chi connectivity index (χ1n) is 11.8. The van der Waals surface area contributed by atoms with Crippen LogP contribution in [-0.4, -0.2) is 48.2 Å². The fourth-order valence-electron chi connectivity index (χ4n) is 4.19. The monoisotopic (exact) mass is 509 g/mol. The lowest BCUT2D eigenvalue weighted by Crippen LogP contribution is -2.38. The molecular weight excluding hydrogens is 478 g/mol. The number of nitrogens with one attached hydrogen (secondary N) is 1. The van der Waals surface area contributed by atoms with Crippen molar-refractivity contribution in [3.8, 4) is 11.5 Å². The summed E-state index contributed by atoms with van der Waals surface area (Å²) in [5, 5.41) is 2.83. The zero-order chi connectivity index (χ0) is 25.7. The minimum Gasteiger partial charge on any atom is -0.493 e.